The number of hydrogen-bond donors (Lipinski definition) is 17. The van der Waals surface area contributed by atoms with Gasteiger partial charge in [0.1, 0.15) is 17.6 Å². The van der Waals surface area contributed by atoms with Crippen molar-refractivity contribution in [3.63, 3.8) is 0 Å². The molecule has 0 aliphatic heterocycles. The third-order valence-electron chi connectivity index (χ3n) is 18.7. The number of aliphatic hydroxyl groups is 2. The highest BCUT2D eigenvalue weighted by Crippen LogP contribution is 2.27. The topological polar surface area (TPSA) is 619 Å². The zero-order valence-corrected chi connectivity index (χ0v) is 64.7. The summed E-state index contributed by atoms with van der Waals surface area (Å²) in [5.41, 5.74) is 50.9. The van der Waals surface area contributed by atoms with E-state index in [9.17, 15) is 82.4 Å². The fourth-order valence-corrected chi connectivity index (χ4v) is 12.6. The number of aliphatic imine (C=N–C) groups is 2. The van der Waals surface area contributed by atoms with E-state index < -0.39 is 193 Å². The minimum Gasteiger partial charge on any atom is -0.508 e. The lowest BCUT2D eigenvalue weighted by atomic mass is 9.86. The molecule has 0 unspecified atom stereocenters. The van der Waals surface area contributed by atoms with Crippen molar-refractivity contribution in [3.05, 3.63) is 29.8 Å². The number of phenols is 1. The van der Waals surface area contributed by atoms with E-state index in [1.54, 1.807) is 6.92 Å². The molecule has 108 heavy (non-hydrogen) atoms. The van der Waals surface area contributed by atoms with Crippen molar-refractivity contribution >= 4 is 93.9 Å². The number of hydrogen-bond acceptors (Lipinski definition) is 21. The van der Waals surface area contributed by atoms with Gasteiger partial charge in [0.25, 0.3) is 0 Å². The molecule has 33 heteroatoms. The number of benzene rings is 1. The Bertz CT molecular complexity index is 3140. The van der Waals surface area contributed by atoms with E-state index in [2.05, 4.69) is 36.6 Å². The highest BCUT2D eigenvalue weighted by molar-refractivity contribution is 5.99. The number of guanidine groups is 2. The maximum atomic E-state index is 15.0. The predicted octanol–water partition coefficient (Wildman–Crippen LogP) is 0.340. The first kappa shape index (κ1) is 97.2. The van der Waals surface area contributed by atoms with Crippen LogP contribution in [0.15, 0.2) is 34.3 Å². The second-order valence-electron chi connectivity index (χ2n) is 29.9. The van der Waals surface area contributed by atoms with E-state index >= 15 is 0 Å². The Morgan fingerprint density at radius 1 is 0.398 bits per heavy atom. The van der Waals surface area contributed by atoms with Crippen LogP contribution in [0.25, 0.3) is 0 Å². The van der Waals surface area contributed by atoms with Gasteiger partial charge in [0.2, 0.25) is 47.3 Å². The number of primary amides is 3. The van der Waals surface area contributed by atoms with Gasteiger partial charge >= 0.3 is 0 Å². The average molecular weight is 1530 g/mol. The number of amides is 8. The number of unbranched alkanes of at least 4 members (excludes halogenated alkanes) is 2. The molecule has 1 aromatic rings. The van der Waals surface area contributed by atoms with Gasteiger partial charge in [-0.15, -0.1) is 0 Å². The summed E-state index contributed by atoms with van der Waals surface area (Å²) in [4.78, 5) is 203. The van der Waals surface area contributed by atoms with Gasteiger partial charge in [0.05, 0.1) is 42.8 Å². The highest BCUT2D eigenvalue weighted by atomic mass is 16.3. The number of carbonyl (C=O) groups excluding carboxylic acids is 14. The standard InChI is InChI=1S/C75H128N16O17/c1-42(2)31-50(68(80)103)37-64(100)67(46(8)93)91-73(108)53(41-92)40-62(98)55(17-10-12-28-77)87-71(106)51(32-43(3)4)38-63(99)58(33-44(5)6)90-69(104)48(16-9-11-27-76)36-60(96)56(18-14-30-86-75(83)84)88-72(107)52(34-47-19-22-54(94)23-20-47)39-61(97)57(24-26-66(79)102)89-70(105)49(21-25-65(78)101)35-59(95)45(7)15-13-29-85-74(81)82/h19-20,22-23,42-46,48-53,55-58,67,92-94H,9-18,21,24-41,76-77H2,1-8H3,(H2,78,101)(H2,79,102)(H2,80,103)(H,87,106)(H,88,107)(H,89,105)(H,90,104)(H,91,108)(H4,81,82,85)(H4,83,84,86)/t45-,46+,48+,49+,50+,51+,52+,53-,55-,56-,57-,58-,67-/m0/s1. The molecular weight excluding hydrogens is 1400 g/mol. The first-order chi connectivity index (χ1) is 50.7. The van der Waals surface area contributed by atoms with Crippen LogP contribution in [0.1, 0.15) is 209 Å². The number of aliphatic hydroxyl groups excluding tert-OH is 2. The summed E-state index contributed by atoms with van der Waals surface area (Å²) < 4.78 is 0. The summed E-state index contributed by atoms with van der Waals surface area (Å²) in [6.45, 7) is 13.7. The van der Waals surface area contributed by atoms with Gasteiger partial charge in [-0.2, -0.15) is 0 Å². The van der Waals surface area contributed by atoms with Crippen molar-refractivity contribution in [3.8, 4) is 5.75 Å². The molecule has 0 radical (unpaired) electrons. The van der Waals surface area contributed by atoms with E-state index in [0.29, 0.717) is 44.1 Å². The summed E-state index contributed by atoms with van der Waals surface area (Å²) in [7, 11) is 0. The van der Waals surface area contributed by atoms with Gasteiger partial charge in [-0.05, 0) is 152 Å². The normalized spacial score (nSPS) is 15.0. The second kappa shape index (κ2) is 52.3. The van der Waals surface area contributed by atoms with Crippen molar-refractivity contribution in [2.24, 2.45) is 121 Å². The molecule has 0 heterocycles. The lowest BCUT2D eigenvalue weighted by Gasteiger charge is -2.28. The summed E-state index contributed by atoms with van der Waals surface area (Å²) in [6, 6.07) is -1.14. The molecule has 26 N–H and O–H groups in total. The Morgan fingerprint density at radius 2 is 0.778 bits per heavy atom. The number of ketones is 6. The zero-order chi connectivity index (χ0) is 81.9. The molecule has 8 amide bonds. The van der Waals surface area contributed by atoms with Crippen LogP contribution in [0.3, 0.4) is 0 Å². The lowest BCUT2D eigenvalue weighted by molar-refractivity contribution is -0.137. The quantitative estimate of drug-likeness (QED) is 0.0237. The van der Waals surface area contributed by atoms with Gasteiger partial charge in [-0.3, -0.25) is 77.1 Å². The maximum absolute atomic E-state index is 15.0. The molecule has 0 aliphatic rings. The van der Waals surface area contributed by atoms with Gasteiger partial charge in [0, 0.05) is 100.0 Å². The Labute approximate surface area is 635 Å². The van der Waals surface area contributed by atoms with Crippen molar-refractivity contribution in [1.82, 2.24) is 26.6 Å². The van der Waals surface area contributed by atoms with Crippen LogP contribution < -0.4 is 78.2 Å². The molecule has 0 saturated carbocycles. The van der Waals surface area contributed by atoms with Gasteiger partial charge < -0.3 is 93.5 Å². The van der Waals surface area contributed by atoms with Crippen LogP contribution in [-0.2, 0) is 73.5 Å². The second-order valence-corrected chi connectivity index (χ2v) is 29.9. The number of aromatic hydroxyl groups is 1. The van der Waals surface area contributed by atoms with Gasteiger partial charge in [-0.25, -0.2) is 0 Å². The predicted molar refractivity (Wildman–Crippen MR) is 408 cm³/mol. The third kappa shape index (κ3) is 40.4. The van der Waals surface area contributed by atoms with E-state index in [-0.39, 0.29) is 151 Å². The Balaban J connectivity index is 3.83. The smallest absolute Gasteiger partial charge is 0.226 e. The van der Waals surface area contributed by atoms with Crippen LogP contribution in [-0.4, -0.2) is 178 Å². The Kier molecular flexibility index (Phi) is 47.0. The number of carbonyl (C=O) groups is 14. The number of nitrogens with two attached hydrogens (primary N) is 9. The number of nitrogens with zero attached hydrogens (tertiary/aromatic N) is 2. The fourth-order valence-electron chi connectivity index (χ4n) is 12.6. The lowest BCUT2D eigenvalue weighted by Crippen LogP contribution is -2.52. The Hall–Kier alpha value is -8.82. The zero-order valence-electron chi connectivity index (χ0n) is 64.7. The fraction of sp³-hybridized carbons (Fsp3) is 0.707. The van der Waals surface area contributed by atoms with E-state index in [0.717, 1.165) is 0 Å². The maximum Gasteiger partial charge on any atom is 0.226 e. The number of nitrogens with one attached hydrogen (secondary N) is 5. The number of phenolic OH excluding ortho intramolecular Hbond substituents is 1. The molecule has 0 spiro atoms. The Morgan fingerprint density at radius 3 is 1.25 bits per heavy atom. The largest absolute Gasteiger partial charge is 0.508 e. The molecule has 0 aliphatic carbocycles. The van der Waals surface area contributed by atoms with Crippen molar-refractivity contribution in [2.75, 3.05) is 32.8 Å². The van der Waals surface area contributed by atoms with Gasteiger partial charge in [-0.1, -0.05) is 67.0 Å². The average Bonchev–Trinajstić information content (AvgIpc) is 0.853. The van der Waals surface area contributed by atoms with Crippen molar-refractivity contribution in [1.29, 1.82) is 0 Å². The molecular formula is C75H128N16O17. The molecule has 33 nitrogen and oxygen atoms in total. The minimum absolute atomic E-state index is 0.00964. The summed E-state index contributed by atoms with van der Waals surface area (Å²) >= 11 is 0. The van der Waals surface area contributed by atoms with Crippen LogP contribution in [0.4, 0.5) is 0 Å². The third-order valence-corrected chi connectivity index (χ3v) is 18.7. The molecule has 0 bridgehead atoms. The molecule has 1 rings (SSSR count). The van der Waals surface area contributed by atoms with Crippen LogP contribution in [0.2, 0.25) is 0 Å². The molecule has 610 valence electrons. The molecule has 13 atom stereocenters. The highest BCUT2D eigenvalue weighted by Gasteiger charge is 2.39. The molecule has 0 saturated heterocycles. The van der Waals surface area contributed by atoms with Crippen molar-refractivity contribution in [2.45, 2.75) is 246 Å². The summed E-state index contributed by atoms with van der Waals surface area (Å²) in [5, 5.41) is 44.8. The number of Topliss-reactive ketones (excluding diaryl/α,β-unsaturated/α-hetero) is 6. The van der Waals surface area contributed by atoms with E-state index in [1.807, 2.05) is 41.5 Å². The van der Waals surface area contributed by atoms with Gasteiger partial charge in [0.15, 0.2) is 40.8 Å². The molecule has 1 aromatic carbocycles. The first-order valence-electron chi connectivity index (χ1n) is 37.9. The molecule has 0 fully saturated rings. The van der Waals surface area contributed by atoms with Crippen molar-refractivity contribution < 1.29 is 82.4 Å². The first-order valence-corrected chi connectivity index (χ1v) is 37.9. The van der Waals surface area contributed by atoms with E-state index in [1.165, 1.54) is 31.2 Å². The molecule has 0 aromatic heterocycles. The number of rotatable bonds is 61. The monoisotopic (exact) mass is 1520 g/mol. The minimum atomic E-state index is -1.53. The summed E-state index contributed by atoms with van der Waals surface area (Å²) in [6.07, 6.45) is -2.89. The van der Waals surface area contributed by atoms with Crippen LogP contribution in [0.5, 0.6) is 5.75 Å². The summed E-state index contributed by atoms with van der Waals surface area (Å²) in [5.74, 6) is -18.6. The van der Waals surface area contributed by atoms with Crippen LogP contribution in [0, 0.1) is 59.2 Å². The SMILES string of the molecule is CC(C)C[C@H](CC(=O)[C@@H](NC(=O)[C@H](CO)CC(=O)[C@H](CCCCN)NC(=O)[C@@H](CC(=O)[C@H](CC(C)C)NC(=O)[C@H](CCCCN)CC(=O)[C@H](CCCN=C(N)N)NC(=O)[C@@H](CC(=O)[C@H](CCC(N)=O)NC(=O)[C@H](CCC(N)=O)CC(=O)[C@@H](C)CCCN=C(N)N)Cc1ccc(O)cc1)CC(C)C)[C@@H](C)O)C(N)=O. The van der Waals surface area contributed by atoms with E-state index in [4.69, 9.17) is 51.6 Å². The van der Waals surface area contributed by atoms with Crippen LogP contribution >= 0.6 is 0 Å².